The van der Waals surface area contributed by atoms with E-state index in [4.69, 9.17) is 0 Å². The summed E-state index contributed by atoms with van der Waals surface area (Å²) in [4.78, 5) is 2.71. The molecule has 0 aromatic rings. The van der Waals surface area contributed by atoms with E-state index in [1.54, 1.807) is 0 Å². The van der Waals surface area contributed by atoms with Crippen molar-refractivity contribution in [2.24, 2.45) is 11.8 Å². The molecule has 2 rings (SSSR count). The predicted octanol–water partition coefficient (Wildman–Crippen LogP) is 1.33. The van der Waals surface area contributed by atoms with Crippen LogP contribution in [0.2, 0.25) is 0 Å². The lowest BCUT2D eigenvalue weighted by Crippen LogP contribution is -2.32. The summed E-state index contributed by atoms with van der Waals surface area (Å²) in [5.74, 6) is 1.85. The summed E-state index contributed by atoms with van der Waals surface area (Å²) in [6, 6.07) is 0.937. The van der Waals surface area contributed by atoms with E-state index >= 15 is 0 Å². The van der Waals surface area contributed by atoms with Gasteiger partial charge in [-0.15, -0.1) is 0 Å². The maximum Gasteiger partial charge on any atom is 0.0128 e. The molecule has 3 atom stereocenters. The lowest BCUT2D eigenvalue weighted by atomic mass is 10.1. The molecule has 1 N–H and O–H groups in total. The average Bonchev–Trinajstić information content (AvgIpc) is 2.87. The summed E-state index contributed by atoms with van der Waals surface area (Å²) in [5, 5.41) is 3.50. The van der Waals surface area contributed by atoms with Gasteiger partial charge in [0.2, 0.25) is 0 Å². The Morgan fingerprint density at radius 1 is 1.46 bits per heavy atom. The lowest BCUT2D eigenvalue weighted by Gasteiger charge is -2.22. The number of hydrogen-bond acceptors (Lipinski definition) is 2. The van der Waals surface area contributed by atoms with Crippen LogP contribution in [0.4, 0.5) is 0 Å². The summed E-state index contributed by atoms with van der Waals surface area (Å²) in [5.41, 5.74) is 0. The Kier molecular flexibility index (Phi) is 2.89. The molecule has 0 bridgehead atoms. The van der Waals surface area contributed by atoms with Gasteiger partial charge in [0.25, 0.3) is 0 Å². The zero-order chi connectivity index (χ0) is 9.26. The molecule has 2 fully saturated rings. The topological polar surface area (TPSA) is 15.3 Å². The van der Waals surface area contributed by atoms with Gasteiger partial charge in [-0.3, -0.25) is 4.90 Å². The molecular formula is C11H22N2. The van der Waals surface area contributed by atoms with Crippen LogP contribution in [0.25, 0.3) is 0 Å². The van der Waals surface area contributed by atoms with E-state index < -0.39 is 0 Å². The molecule has 1 saturated heterocycles. The summed E-state index contributed by atoms with van der Waals surface area (Å²) < 4.78 is 0. The van der Waals surface area contributed by atoms with Gasteiger partial charge in [-0.25, -0.2) is 0 Å². The Morgan fingerprint density at radius 3 is 3.00 bits per heavy atom. The Morgan fingerprint density at radius 2 is 2.31 bits per heavy atom. The van der Waals surface area contributed by atoms with Crippen LogP contribution in [0.3, 0.4) is 0 Å². The third kappa shape index (κ3) is 2.23. The minimum Gasteiger partial charge on any atom is -0.315 e. The van der Waals surface area contributed by atoms with Gasteiger partial charge in [0.15, 0.2) is 0 Å². The normalized spacial score (nSPS) is 41.5. The average molecular weight is 182 g/mol. The Hall–Kier alpha value is -0.0800. The highest BCUT2D eigenvalue weighted by atomic mass is 15.2. The molecule has 0 aromatic carbocycles. The van der Waals surface area contributed by atoms with Crippen molar-refractivity contribution >= 4 is 0 Å². The van der Waals surface area contributed by atoms with Crippen LogP contribution < -0.4 is 5.32 Å². The van der Waals surface area contributed by atoms with Crippen molar-refractivity contribution in [3.8, 4) is 0 Å². The number of hydrogen-bond donors (Lipinski definition) is 1. The molecule has 1 aliphatic heterocycles. The van der Waals surface area contributed by atoms with E-state index in [0.717, 1.165) is 17.9 Å². The monoisotopic (exact) mass is 182 g/mol. The second-order valence-electron chi connectivity index (χ2n) is 4.78. The molecular weight excluding hydrogens is 160 g/mol. The minimum atomic E-state index is 0.834. The van der Waals surface area contributed by atoms with E-state index in [-0.39, 0.29) is 0 Å². The molecule has 0 spiro atoms. The SMILES string of the molecule is CCC1CC1N1CCNCC(C)C1. The summed E-state index contributed by atoms with van der Waals surface area (Å²) in [7, 11) is 0. The summed E-state index contributed by atoms with van der Waals surface area (Å²) in [6.45, 7) is 9.66. The molecule has 2 heteroatoms. The van der Waals surface area contributed by atoms with Gasteiger partial charge in [0.1, 0.15) is 0 Å². The first-order chi connectivity index (χ1) is 6.31. The fourth-order valence-corrected chi connectivity index (χ4v) is 2.55. The summed E-state index contributed by atoms with van der Waals surface area (Å²) >= 11 is 0. The predicted molar refractivity (Wildman–Crippen MR) is 55.8 cm³/mol. The fraction of sp³-hybridized carbons (Fsp3) is 1.00. The van der Waals surface area contributed by atoms with E-state index in [1.165, 1.54) is 39.0 Å². The van der Waals surface area contributed by atoms with Crippen molar-refractivity contribution < 1.29 is 0 Å². The largest absolute Gasteiger partial charge is 0.315 e. The van der Waals surface area contributed by atoms with Crippen molar-refractivity contribution in [2.75, 3.05) is 26.2 Å². The second kappa shape index (κ2) is 3.97. The van der Waals surface area contributed by atoms with E-state index in [2.05, 4.69) is 24.1 Å². The molecule has 0 aromatic heterocycles. The first-order valence-corrected chi connectivity index (χ1v) is 5.76. The number of nitrogens with one attached hydrogen (secondary N) is 1. The van der Waals surface area contributed by atoms with Gasteiger partial charge in [-0.1, -0.05) is 20.3 Å². The van der Waals surface area contributed by atoms with Crippen LogP contribution in [0.5, 0.6) is 0 Å². The van der Waals surface area contributed by atoms with Gasteiger partial charge >= 0.3 is 0 Å². The molecule has 3 unspecified atom stereocenters. The summed E-state index contributed by atoms with van der Waals surface area (Å²) in [6.07, 6.45) is 2.84. The molecule has 1 aliphatic carbocycles. The molecule has 13 heavy (non-hydrogen) atoms. The molecule has 0 radical (unpaired) electrons. The third-order valence-electron chi connectivity index (χ3n) is 3.49. The maximum atomic E-state index is 3.50. The zero-order valence-electron chi connectivity index (χ0n) is 8.92. The van der Waals surface area contributed by atoms with Crippen molar-refractivity contribution in [1.82, 2.24) is 10.2 Å². The van der Waals surface area contributed by atoms with Crippen molar-refractivity contribution in [2.45, 2.75) is 32.7 Å². The molecule has 1 saturated carbocycles. The number of rotatable bonds is 2. The van der Waals surface area contributed by atoms with Crippen molar-refractivity contribution in [3.63, 3.8) is 0 Å². The lowest BCUT2D eigenvalue weighted by molar-refractivity contribution is 0.243. The molecule has 2 nitrogen and oxygen atoms in total. The minimum absolute atomic E-state index is 0.834. The van der Waals surface area contributed by atoms with E-state index in [1.807, 2.05) is 0 Å². The first kappa shape index (κ1) is 9.47. The molecule has 0 amide bonds. The van der Waals surface area contributed by atoms with Gasteiger partial charge in [-0.2, -0.15) is 0 Å². The van der Waals surface area contributed by atoms with Crippen LogP contribution in [-0.4, -0.2) is 37.1 Å². The fourth-order valence-electron chi connectivity index (χ4n) is 2.55. The van der Waals surface area contributed by atoms with Crippen molar-refractivity contribution in [1.29, 1.82) is 0 Å². The van der Waals surface area contributed by atoms with Gasteiger partial charge in [-0.05, 0) is 24.8 Å². The second-order valence-corrected chi connectivity index (χ2v) is 4.78. The Bertz CT molecular complexity index is 169. The van der Waals surface area contributed by atoms with E-state index in [0.29, 0.717) is 0 Å². The number of nitrogens with zero attached hydrogens (tertiary/aromatic N) is 1. The van der Waals surface area contributed by atoms with Gasteiger partial charge < -0.3 is 5.32 Å². The molecule has 2 aliphatic rings. The van der Waals surface area contributed by atoms with Crippen LogP contribution in [0.15, 0.2) is 0 Å². The zero-order valence-corrected chi connectivity index (χ0v) is 8.92. The van der Waals surface area contributed by atoms with Crippen LogP contribution in [0.1, 0.15) is 26.7 Å². The highest BCUT2D eigenvalue weighted by Gasteiger charge is 2.40. The Balaban J connectivity index is 1.84. The molecule has 1 heterocycles. The van der Waals surface area contributed by atoms with Crippen LogP contribution in [0, 0.1) is 11.8 Å². The highest BCUT2D eigenvalue weighted by molar-refractivity contribution is 4.95. The quantitative estimate of drug-likeness (QED) is 0.693. The standard InChI is InChI=1S/C11H22N2/c1-3-10-6-11(10)13-5-4-12-7-9(2)8-13/h9-12H,3-8H2,1-2H3. The third-order valence-corrected chi connectivity index (χ3v) is 3.49. The highest BCUT2D eigenvalue weighted by Crippen LogP contribution is 2.38. The Labute approximate surface area is 81.7 Å². The maximum absolute atomic E-state index is 3.50. The van der Waals surface area contributed by atoms with Crippen LogP contribution in [-0.2, 0) is 0 Å². The van der Waals surface area contributed by atoms with E-state index in [9.17, 15) is 0 Å². The van der Waals surface area contributed by atoms with Gasteiger partial charge in [0, 0.05) is 25.7 Å². The van der Waals surface area contributed by atoms with Gasteiger partial charge in [0.05, 0.1) is 0 Å². The first-order valence-electron chi connectivity index (χ1n) is 5.76. The van der Waals surface area contributed by atoms with Crippen LogP contribution >= 0.6 is 0 Å². The smallest absolute Gasteiger partial charge is 0.0128 e. The molecule has 76 valence electrons. The van der Waals surface area contributed by atoms with Crippen molar-refractivity contribution in [3.05, 3.63) is 0 Å².